The number of nitrogens with zero attached hydrogens (tertiary/aromatic N) is 3. The van der Waals surface area contributed by atoms with Crippen LogP contribution in [0.4, 0.5) is 5.69 Å². The van der Waals surface area contributed by atoms with Gasteiger partial charge < -0.3 is 8.98 Å². The van der Waals surface area contributed by atoms with E-state index in [1.54, 1.807) is 24.3 Å². The zero-order chi connectivity index (χ0) is 21.3. The van der Waals surface area contributed by atoms with Crippen molar-refractivity contribution in [3.8, 4) is 5.69 Å². The van der Waals surface area contributed by atoms with Crippen molar-refractivity contribution in [3.63, 3.8) is 0 Å². The second-order valence-corrected chi connectivity index (χ2v) is 6.79. The molecule has 150 valence electrons. The van der Waals surface area contributed by atoms with E-state index < -0.39 is 10.8 Å². The van der Waals surface area contributed by atoms with Gasteiger partial charge in [-0.05, 0) is 38.1 Å². The lowest BCUT2D eigenvalue weighted by molar-refractivity contribution is -0.384. The number of amides is 1. The number of nitro benzene ring substituents is 1. The molecule has 2 heterocycles. The number of furan rings is 1. The number of benzene rings is 2. The Balaban J connectivity index is 1.54. The third kappa shape index (κ3) is 3.58. The van der Waals surface area contributed by atoms with Crippen LogP contribution in [-0.2, 0) is 0 Å². The summed E-state index contributed by atoms with van der Waals surface area (Å²) in [6, 6.07) is 17.3. The van der Waals surface area contributed by atoms with Gasteiger partial charge in [0.15, 0.2) is 5.76 Å². The van der Waals surface area contributed by atoms with Crippen LogP contribution in [0.25, 0.3) is 16.7 Å². The number of nitro groups is 1. The van der Waals surface area contributed by atoms with Gasteiger partial charge in [0, 0.05) is 34.5 Å². The van der Waals surface area contributed by atoms with Crippen LogP contribution in [0.1, 0.15) is 27.5 Å². The molecule has 30 heavy (non-hydrogen) atoms. The molecule has 2 aromatic heterocycles. The van der Waals surface area contributed by atoms with Crippen molar-refractivity contribution in [2.45, 2.75) is 13.8 Å². The Hall–Kier alpha value is -4.20. The van der Waals surface area contributed by atoms with E-state index in [0.29, 0.717) is 11.3 Å². The molecule has 1 N–H and O–H groups in total. The predicted molar refractivity (Wildman–Crippen MR) is 113 cm³/mol. The molecule has 0 radical (unpaired) electrons. The zero-order valence-corrected chi connectivity index (χ0v) is 16.3. The van der Waals surface area contributed by atoms with Crippen molar-refractivity contribution in [3.05, 3.63) is 93.5 Å². The molecule has 0 atom stereocenters. The van der Waals surface area contributed by atoms with E-state index in [9.17, 15) is 14.9 Å². The molecule has 0 unspecified atom stereocenters. The number of hydrogen-bond acceptors (Lipinski definition) is 5. The zero-order valence-electron chi connectivity index (χ0n) is 16.3. The number of para-hydroxylation sites is 1. The maximum Gasteiger partial charge on any atom is 0.307 e. The van der Waals surface area contributed by atoms with E-state index in [-0.39, 0.29) is 11.4 Å². The van der Waals surface area contributed by atoms with Crippen molar-refractivity contribution in [2.24, 2.45) is 5.10 Å². The highest BCUT2D eigenvalue weighted by Gasteiger charge is 2.14. The number of aromatic nitrogens is 1. The average Bonchev–Trinajstić information content (AvgIpc) is 3.29. The molecule has 0 aliphatic heterocycles. The molecule has 0 aliphatic carbocycles. The van der Waals surface area contributed by atoms with Crippen molar-refractivity contribution < 1.29 is 14.1 Å². The van der Waals surface area contributed by atoms with Gasteiger partial charge in [0.05, 0.1) is 16.8 Å². The summed E-state index contributed by atoms with van der Waals surface area (Å²) >= 11 is 0. The topological polar surface area (TPSA) is 103 Å². The van der Waals surface area contributed by atoms with Gasteiger partial charge in [0.1, 0.15) is 5.58 Å². The Morgan fingerprint density at radius 2 is 1.93 bits per heavy atom. The number of hydrogen-bond donors (Lipinski definition) is 1. The molecule has 8 heteroatoms. The highest BCUT2D eigenvalue weighted by molar-refractivity contribution is 5.96. The van der Waals surface area contributed by atoms with Crippen LogP contribution in [0.3, 0.4) is 0 Å². The largest absolute Gasteiger partial charge is 0.451 e. The van der Waals surface area contributed by atoms with Gasteiger partial charge in [-0.1, -0.05) is 24.3 Å². The first-order chi connectivity index (χ1) is 14.4. The van der Waals surface area contributed by atoms with Crippen LogP contribution in [0, 0.1) is 24.0 Å². The number of rotatable bonds is 5. The molecule has 2 aromatic carbocycles. The molecule has 0 aliphatic rings. The molecule has 1 amide bonds. The van der Waals surface area contributed by atoms with Crippen molar-refractivity contribution in [1.82, 2.24) is 9.99 Å². The molecule has 0 spiro atoms. The van der Waals surface area contributed by atoms with Gasteiger partial charge >= 0.3 is 5.91 Å². The number of nitrogens with one attached hydrogen (secondary N) is 1. The number of hydrazone groups is 1. The third-order valence-corrected chi connectivity index (χ3v) is 4.79. The van der Waals surface area contributed by atoms with Crippen LogP contribution >= 0.6 is 0 Å². The predicted octanol–water partition coefficient (Wildman–Crippen LogP) is 4.51. The van der Waals surface area contributed by atoms with Gasteiger partial charge in [-0.3, -0.25) is 14.9 Å². The lowest BCUT2D eigenvalue weighted by Crippen LogP contribution is -2.16. The quantitative estimate of drug-likeness (QED) is 0.301. The normalized spacial score (nSPS) is 11.3. The first-order valence-electron chi connectivity index (χ1n) is 9.20. The van der Waals surface area contributed by atoms with E-state index in [2.05, 4.69) is 10.5 Å². The summed E-state index contributed by atoms with van der Waals surface area (Å²) in [4.78, 5) is 22.9. The first-order valence-corrected chi connectivity index (χ1v) is 9.20. The lowest BCUT2D eigenvalue weighted by atomic mass is 10.2. The van der Waals surface area contributed by atoms with Gasteiger partial charge in [0.25, 0.3) is 5.69 Å². The Labute approximate surface area is 171 Å². The van der Waals surface area contributed by atoms with E-state index in [1.807, 2.05) is 42.7 Å². The Kier molecular flexibility index (Phi) is 4.89. The Bertz CT molecular complexity index is 1270. The fourth-order valence-electron chi connectivity index (χ4n) is 3.37. The molecule has 0 fully saturated rings. The monoisotopic (exact) mass is 402 g/mol. The minimum atomic E-state index is -0.449. The van der Waals surface area contributed by atoms with Gasteiger partial charge in [-0.25, -0.2) is 5.43 Å². The summed E-state index contributed by atoms with van der Waals surface area (Å²) in [6.07, 6.45) is 1.54. The maximum absolute atomic E-state index is 12.3. The van der Waals surface area contributed by atoms with Crippen LogP contribution in [0.5, 0.6) is 0 Å². The average molecular weight is 402 g/mol. The van der Waals surface area contributed by atoms with Crippen molar-refractivity contribution in [1.29, 1.82) is 0 Å². The van der Waals surface area contributed by atoms with E-state index in [1.165, 1.54) is 18.3 Å². The van der Waals surface area contributed by atoms with Crippen LogP contribution in [0.2, 0.25) is 0 Å². The molecule has 0 saturated carbocycles. The fraction of sp³-hybridized carbons (Fsp3) is 0.0909. The SMILES string of the molecule is Cc1cc(/C=N/NC(=O)c2cc3ccccc3o2)c(C)n1-c1cccc([N+](=O)[O-])c1. The number of fused-ring (bicyclic) bond motifs is 1. The minimum Gasteiger partial charge on any atom is -0.451 e. The van der Waals surface area contributed by atoms with Crippen LogP contribution in [-0.4, -0.2) is 21.6 Å². The van der Waals surface area contributed by atoms with Crippen LogP contribution in [0.15, 0.2) is 70.2 Å². The molecular weight excluding hydrogens is 384 g/mol. The number of carbonyl (C=O) groups is 1. The van der Waals surface area contributed by atoms with E-state index >= 15 is 0 Å². The number of non-ortho nitro benzene ring substituents is 1. The number of aryl methyl sites for hydroxylation is 1. The van der Waals surface area contributed by atoms with Gasteiger partial charge in [0.2, 0.25) is 0 Å². The maximum atomic E-state index is 12.3. The Morgan fingerprint density at radius 3 is 2.70 bits per heavy atom. The summed E-state index contributed by atoms with van der Waals surface area (Å²) in [6.45, 7) is 3.78. The Morgan fingerprint density at radius 1 is 1.13 bits per heavy atom. The summed E-state index contributed by atoms with van der Waals surface area (Å²) in [5.41, 5.74) is 6.32. The molecule has 8 nitrogen and oxygen atoms in total. The molecule has 0 bridgehead atoms. The first kappa shape index (κ1) is 19.1. The second-order valence-electron chi connectivity index (χ2n) is 6.79. The minimum absolute atomic E-state index is 0.0216. The summed E-state index contributed by atoms with van der Waals surface area (Å²) < 4.78 is 7.42. The molecule has 4 aromatic rings. The highest BCUT2D eigenvalue weighted by atomic mass is 16.6. The summed E-state index contributed by atoms with van der Waals surface area (Å²) in [7, 11) is 0. The standard InChI is InChI=1S/C22H18N4O4/c1-14-10-17(15(2)25(14)18-7-5-8-19(12-18)26(28)29)13-23-24-22(27)21-11-16-6-3-4-9-20(16)30-21/h3-13H,1-2H3,(H,24,27)/b23-13+. The van der Waals surface area contributed by atoms with E-state index in [0.717, 1.165) is 22.3 Å². The second kappa shape index (κ2) is 7.67. The van der Waals surface area contributed by atoms with E-state index in [4.69, 9.17) is 4.42 Å². The van der Waals surface area contributed by atoms with Crippen molar-refractivity contribution >= 4 is 28.8 Å². The fourth-order valence-corrected chi connectivity index (χ4v) is 3.37. The van der Waals surface area contributed by atoms with Gasteiger partial charge in [-0.2, -0.15) is 5.10 Å². The lowest BCUT2D eigenvalue weighted by Gasteiger charge is -2.09. The molecular formula is C22H18N4O4. The number of carbonyl (C=O) groups excluding carboxylic acids is 1. The summed E-state index contributed by atoms with van der Waals surface area (Å²) in [5.74, 6) is -0.273. The molecule has 4 rings (SSSR count). The highest BCUT2D eigenvalue weighted by Crippen LogP contribution is 2.23. The van der Waals surface area contributed by atoms with Gasteiger partial charge in [-0.15, -0.1) is 0 Å². The third-order valence-electron chi connectivity index (χ3n) is 4.79. The van der Waals surface area contributed by atoms with Crippen LogP contribution < -0.4 is 5.43 Å². The smallest absolute Gasteiger partial charge is 0.307 e. The van der Waals surface area contributed by atoms with Crippen molar-refractivity contribution in [2.75, 3.05) is 0 Å². The molecule has 0 saturated heterocycles. The summed E-state index contributed by atoms with van der Waals surface area (Å²) in [5, 5.41) is 15.9.